The van der Waals surface area contributed by atoms with Crippen LogP contribution in [0.4, 0.5) is 0 Å². The molecule has 2 aromatic carbocycles. The fraction of sp³-hybridized carbons (Fsp3) is 0.462. The summed E-state index contributed by atoms with van der Waals surface area (Å²) in [6.07, 6.45) is 2.47. The Labute approximate surface area is 186 Å². The van der Waals surface area contributed by atoms with Gasteiger partial charge in [-0.25, -0.2) is 0 Å². The van der Waals surface area contributed by atoms with Gasteiger partial charge in [-0.15, -0.1) is 0 Å². The summed E-state index contributed by atoms with van der Waals surface area (Å²) in [5.74, 6) is 0.396. The third-order valence-electron chi connectivity index (χ3n) is 5.35. The number of carbonyl (C=O) groups is 2. The lowest BCUT2D eigenvalue weighted by molar-refractivity contribution is -0.143. The van der Waals surface area contributed by atoms with Crippen LogP contribution in [0.2, 0.25) is 0 Å². The van der Waals surface area contributed by atoms with Crippen LogP contribution in [-0.4, -0.2) is 35.9 Å². The molecular weight excluding hydrogens is 388 g/mol. The molecule has 0 saturated heterocycles. The molecule has 0 aliphatic rings. The molecule has 5 nitrogen and oxygen atoms in total. The van der Waals surface area contributed by atoms with Gasteiger partial charge < -0.3 is 15.0 Å². The van der Waals surface area contributed by atoms with Crippen molar-refractivity contribution in [3.05, 3.63) is 64.7 Å². The topological polar surface area (TPSA) is 58.6 Å². The zero-order chi connectivity index (χ0) is 22.8. The van der Waals surface area contributed by atoms with Gasteiger partial charge in [-0.05, 0) is 56.4 Å². The van der Waals surface area contributed by atoms with Gasteiger partial charge in [0.05, 0.1) is 0 Å². The molecule has 0 spiro atoms. The molecule has 5 heteroatoms. The first-order valence-electron chi connectivity index (χ1n) is 11.2. The summed E-state index contributed by atoms with van der Waals surface area (Å²) in [6.45, 7) is 10.9. The molecule has 0 aromatic heterocycles. The molecule has 0 aliphatic carbocycles. The Morgan fingerprint density at radius 2 is 1.77 bits per heavy atom. The van der Waals surface area contributed by atoms with Gasteiger partial charge in [0.25, 0.3) is 5.91 Å². The van der Waals surface area contributed by atoms with Crippen molar-refractivity contribution in [1.29, 1.82) is 0 Å². The van der Waals surface area contributed by atoms with E-state index in [-0.39, 0.29) is 18.4 Å². The van der Waals surface area contributed by atoms with E-state index in [1.807, 2.05) is 70.2 Å². The lowest BCUT2D eigenvalue weighted by Crippen LogP contribution is -2.50. The van der Waals surface area contributed by atoms with Crippen LogP contribution >= 0.6 is 0 Å². The number of ether oxygens (including phenoxy) is 1. The number of nitrogens with one attached hydrogen (secondary N) is 1. The smallest absolute Gasteiger partial charge is 0.261 e. The number of rotatable bonds is 11. The summed E-state index contributed by atoms with van der Waals surface area (Å²) < 4.78 is 5.87. The van der Waals surface area contributed by atoms with Gasteiger partial charge in [0.2, 0.25) is 5.91 Å². The maximum absolute atomic E-state index is 13.3. The van der Waals surface area contributed by atoms with Gasteiger partial charge in [-0.2, -0.15) is 0 Å². The largest absolute Gasteiger partial charge is 0.483 e. The van der Waals surface area contributed by atoms with Crippen LogP contribution in [0.3, 0.4) is 0 Å². The minimum absolute atomic E-state index is 0.102. The number of hydrogen-bond donors (Lipinski definition) is 1. The van der Waals surface area contributed by atoms with Crippen LogP contribution in [0.5, 0.6) is 5.75 Å². The van der Waals surface area contributed by atoms with Crippen LogP contribution in [-0.2, 0) is 16.1 Å². The van der Waals surface area contributed by atoms with E-state index >= 15 is 0 Å². The van der Waals surface area contributed by atoms with Crippen molar-refractivity contribution in [2.24, 2.45) is 0 Å². The SMILES string of the molecule is CCCCNC(=O)[C@@H](CC)N(Cc1cccc(C)c1)C(=O)COc1cc(C)ccc1C. The van der Waals surface area contributed by atoms with E-state index < -0.39 is 6.04 Å². The maximum atomic E-state index is 13.3. The fourth-order valence-corrected chi connectivity index (χ4v) is 3.52. The monoisotopic (exact) mass is 424 g/mol. The van der Waals surface area contributed by atoms with Crippen molar-refractivity contribution in [3.63, 3.8) is 0 Å². The van der Waals surface area contributed by atoms with Crippen molar-refractivity contribution in [2.75, 3.05) is 13.2 Å². The molecular formula is C26H36N2O3. The Balaban J connectivity index is 2.21. The van der Waals surface area contributed by atoms with E-state index in [0.29, 0.717) is 25.3 Å². The molecule has 31 heavy (non-hydrogen) atoms. The second-order valence-corrected chi connectivity index (χ2v) is 8.14. The van der Waals surface area contributed by atoms with Crippen LogP contribution in [0.25, 0.3) is 0 Å². The van der Waals surface area contributed by atoms with E-state index in [1.165, 1.54) is 0 Å². The molecule has 0 unspecified atom stereocenters. The Morgan fingerprint density at radius 1 is 1.03 bits per heavy atom. The number of amides is 2. The molecule has 0 fully saturated rings. The summed E-state index contributed by atoms with van der Waals surface area (Å²) in [5.41, 5.74) is 4.18. The first-order valence-corrected chi connectivity index (χ1v) is 11.2. The molecule has 1 atom stereocenters. The molecule has 2 aromatic rings. The van der Waals surface area contributed by atoms with Crippen molar-refractivity contribution in [2.45, 2.75) is 66.5 Å². The number of hydrogen-bond acceptors (Lipinski definition) is 3. The van der Waals surface area contributed by atoms with Crippen LogP contribution in [0.15, 0.2) is 42.5 Å². The van der Waals surface area contributed by atoms with E-state index in [9.17, 15) is 9.59 Å². The summed E-state index contributed by atoms with van der Waals surface area (Å²) in [6, 6.07) is 13.4. The number of benzene rings is 2. The van der Waals surface area contributed by atoms with E-state index in [1.54, 1.807) is 4.90 Å². The lowest BCUT2D eigenvalue weighted by Gasteiger charge is -2.30. The van der Waals surface area contributed by atoms with Gasteiger partial charge in [0, 0.05) is 13.1 Å². The Morgan fingerprint density at radius 3 is 2.45 bits per heavy atom. The number of carbonyl (C=O) groups excluding carboxylic acids is 2. The van der Waals surface area contributed by atoms with E-state index in [0.717, 1.165) is 35.1 Å². The molecule has 0 heterocycles. The van der Waals surface area contributed by atoms with Crippen molar-refractivity contribution < 1.29 is 14.3 Å². The molecule has 0 bridgehead atoms. The zero-order valence-electron chi connectivity index (χ0n) is 19.5. The summed E-state index contributed by atoms with van der Waals surface area (Å²) in [4.78, 5) is 27.8. The average molecular weight is 425 g/mol. The van der Waals surface area contributed by atoms with Gasteiger partial charge in [0.1, 0.15) is 11.8 Å². The van der Waals surface area contributed by atoms with Gasteiger partial charge in [-0.1, -0.05) is 62.2 Å². The predicted molar refractivity (Wildman–Crippen MR) is 125 cm³/mol. The molecule has 2 amide bonds. The molecule has 0 aliphatic heterocycles. The van der Waals surface area contributed by atoms with Crippen molar-refractivity contribution in [1.82, 2.24) is 10.2 Å². The second-order valence-electron chi connectivity index (χ2n) is 8.14. The molecule has 0 radical (unpaired) electrons. The Hall–Kier alpha value is -2.82. The molecule has 0 saturated carbocycles. The quantitative estimate of drug-likeness (QED) is 0.531. The Bertz CT molecular complexity index is 879. The number of aryl methyl sites for hydroxylation is 3. The second kappa shape index (κ2) is 12.1. The first-order chi connectivity index (χ1) is 14.8. The van der Waals surface area contributed by atoms with Gasteiger partial charge >= 0.3 is 0 Å². The predicted octanol–water partition coefficient (Wildman–Crippen LogP) is 4.71. The maximum Gasteiger partial charge on any atom is 0.261 e. The van der Waals surface area contributed by atoms with Crippen LogP contribution < -0.4 is 10.1 Å². The fourth-order valence-electron chi connectivity index (χ4n) is 3.52. The average Bonchev–Trinajstić information content (AvgIpc) is 2.74. The number of unbranched alkanes of at least 4 members (excludes halogenated alkanes) is 1. The summed E-state index contributed by atoms with van der Waals surface area (Å²) >= 11 is 0. The van der Waals surface area contributed by atoms with Gasteiger partial charge in [-0.3, -0.25) is 9.59 Å². The third kappa shape index (κ3) is 7.42. The summed E-state index contributed by atoms with van der Waals surface area (Å²) in [5, 5.41) is 2.98. The van der Waals surface area contributed by atoms with Crippen molar-refractivity contribution >= 4 is 11.8 Å². The lowest BCUT2D eigenvalue weighted by atomic mass is 10.1. The highest BCUT2D eigenvalue weighted by Gasteiger charge is 2.28. The highest BCUT2D eigenvalue weighted by Crippen LogP contribution is 2.20. The van der Waals surface area contributed by atoms with Crippen LogP contribution in [0, 0.1) is 20.8 Å². The highest BCUT2D eigenvalue weighted by atomic mass is 16.5. The molecule has 2 rings (SSSR count). The normalized spacial score (nSPS) is 11.6. The molecule has 168 valence electrons. The third-order valence-corrected chi connectivity index (χ3v) is 5.35. The van der Waals surface area contributed by atoms with Gasteiger partial charge in [0.15, 0.2) is 6.61 Å². The standard InChI is InChI=1S/C26H36N2O3/c1-6-8-14-27-26(30)23(7-2)28(17-22-11-9-10-19(3)15-22)25(29)18-31-24-16-20(4)12-13-21(24)5/h9-13,15-16,23H,6-8,14,17-18H2,1-5H3,(H,27,30)/t23-/m1/s1. The zero-order valence-corrected chi connectivity index (χ0v) is 19.5. The van der Waals surface area contributed by atoms with Crippen molar-refractivity contribution in [3.8, 4) is 5.75 Å². The summed E-state index contributed by atoms with van der Waals surface area (Å²) in [7, 11) is 0. The number of nitrogens with zero attached hydrogens (tertiary/aromatic N) is 1. The Kier molecular flexibility index (Phi) is 9.57. The molecule has 1 N–H and O–H groups in total. The van der Waals surface area contributed by atoms with E-state index in [4.69, 9.17) is 4.74 Å². The van der Waals surface area contributed by atoms with Crippen LogP contribution in [0.1, 0.15) is 55.4 Å². The minimum Gasteiger partial charge on any atom is -0.483 e. The highest BCUT2D eigenvalue weighted by molar-refractivity contribution is 5.88. The van der Waals surface area contributed by atoms with E-state index in [2.05, 4.69) is 12.2 Å². The minimum atomic E-state index is -0.535. The first kappa shape index (κ1) is 24.4.